The summed E-state index contributed by atoms with van der Waals surface area (Å²) in [5, 5.41) is 9.09. The molecular formula is C13H11N5OS2. The van der Waals surface area contributed by atoms with Crippen molar-refractivity contribution < 1.29 is 4.79 Å². The van der Waals surface area contributed by atoms with Crippen LogP contribution < -0.4 is 10.6 Å². The molecule has 0 fully saturated rings. The number of hydrogen-bond acceptors (Lipinski definition) is 7. The summed E-state index contributed by atoms with van der Waals surface area (Å²) in [6.07, 6.45) is 4.09. The number of rotatable bonds is 5. The van der Waals surface area contributed by atoms with E-state index < -0.39 is 0 Å². The lowest BCUT2D eigenvalue weighted by molar-refractivity contribution is -0.105. The maximum atomic E-state index is 10.5. The van der Waals surface area contributed by atoms with Crippen molar-refractivity contribution in [2.24, 2.45) is 0 Å². The van der Waals surface area contributed by atoms with E-state index in [1.54, 1.807) is 12.4 Å². The van der Waals surface area contributed by atoms with Crippen molar-refractivity contribution in [3.05, 3.63) is 35.6 Å². The first-order valence-electron chi connectivity index (χ1n) is 6.07. The molecule has 8 heteroatoms. The van der Waals surface area contributed by atoms with Crippen LogP contribution >= 0.6 is 22.7 Å². The second-order valence-electron chi connectivity index (χ2n) is 4.10. The number of amides is 1. The van der Waals surface area contributed by atoms with E-state index in [0.29, 0.717) is 11.5 Å². The molecule has 0 aromatic carbocycles. The summed E-state index contributed by atoms with van der Waals surface area (Å²) in [6.45, 7) is 1.90. The number of nitrogens with one attached hydrogen (secondary N) is 2. The number of carbonyl (C=O) groups is 1. The van der Waals surface area contributed by atoms with E-state index in [-0.39, 0.29) is 0 Å². The smallest absolute Gasteiger partial charge is 0.213 e. The second kappa shape index (κ2) is 5.98. The molecule has 3 aromatic heterocycles. The molecule has 1 amide bonds. The molecule has 6 nitrogen and oxygen atoms in total. The number of nitrogens with zero attached hydrogens (tertiary/aromatic N) is 3. The number of aryl methyl sites for hydroxylation is 1. The zero-order chi connectivity index (χ0) is 14.7. The van der Waals surface area contributed by atoms with Gasteiger partial charge in [0.15, 0.2) is 10.3 Å². The molecule has 3 rings (SSSR count). The van der Waals surface area contributed by atoms with Crippen LogP contribution in [0.25, 0.3) is 10.6 Å². The van der Waals surface area contributed by atoms with Gasteiger partial charge in [0.05, 0.1) is 28.1 Å². The molecule has 0 spiro atoms. The van der Waals surface area contributed by atoms with Crippen LogP contribution in [0.5, 0.6) is 0 Å². The summed E-state index contributed by atoms with van der Waals surface area (Å²) >= 11 is 2.92. The van der Waals surface area contributed by atoms with E-state index in [0.717, 1.165) is 27.1 Å². The second-order valence-corrected chi connectivity index (χ2v) is 5.96. The fourth-order valence-corrected chi connectivity index (χ4v) is 3.42. The molecular weight excluding hydrogens is 306 g/mol. The van der Waals surface area contributed by atoms with Gasteiger partial charge in [0.2, 0.25) is 6.41 Å². The summed E-state index contributed by atoms with van der Waals surface area (Å²) in [7, 11) is 0. The SMILES string of the molecule is Cc1nc(NC=O)sc1-c1csc(Nc2cccnc2)n1. The Balaban J connectivity index is 1.83. The quantitative estimate of drug-likeness (QED) is 0.706. The molecule has 0 saturated carbocycles. The van der Waals surface area contributed by atoms with Gasteiger partial charge < -0.3 is 10.6 Å². The number of carbonyl (C=O) groups excluding carboxylic acids is 1. The summed E-state index contributed by atoms with van der Waals surface area (Å²) < 4.78 is 0. The van der Waals surface area contributed by atoms with Gasteiger partial charge in [0, 0.05) is 11.6 Å². The average Bonchev–Trinajstić information content (AvgIpc) is 3.07. The van der Waals surface area contributed by atoms with E-state index in [1.165, 1.54) is 22.7 Å². The Kier molecular flexibility index (Phi) is 3.89. The maximum Gasteiger partial charge on any atom is 0.213 e. The standard InChI is InChI=1S/C13H11N5OS2/c1-8-11(21-12(16-8)15-7-19)10-6-20-13(18-10)17-9-3-2-4-14-5-9/h2-7H,1H3,(H,17,18)(H,15,16,19). The fraction of sp³-hybridized carbons (Fsp3) is 0.0769. The lowest BCUT2D eigenvalue weighted by atomic mass is 10.3. The number of hydrogen-bond donors (Lipinski definition) is 2. The molecule has 0 unspecified atom stereocenters. The van der Waals surface area contributed by atoms with Crippen molar-refractivity contribution in [1.82, 2.24) is 15.0 Å². The molecule has 3 heterocycles. The van der Waals surface area contributed by atoms with Crippen LogP contribution in [-0.2, 0) is 4.79 Å². The number of thiazole rings is 2. The summed E-state index contributed by atoms with van der Waals surface area (Å²) in [5.41, 5.74) is 2.59. The molecule has 0 atom stereocenters. The zero-order valence-corrected chi connectivity index (χ0v) is 12.7. The first-order valence-corrected chi connectivity index (χ1v) is 7.76. The van der Waals surface area contributed by atoms with Crippen LogP contribution in [0, 0.1) is 6.92 Å². The molecule has 0 aliphatic rings. The van der Waals surface area contributed by atoms with Gasteiger partial charge in [0.25, 0.3) is 0 Å². The Labute approximate surface area is 128 Å². The van der Waals surface area contributed by atoms with Crippen LogP contribution in [0.4, 0.5) is 16.0 Å². The van der Waals surface area contributed by atoms with Crippen LogP contribution in [0.2, 0.25) is 0 Å². The van der Waals surface area contributed by atoms with Gasteiger partial charge in [-0.3, -0.25) is 9.78 Å². The van der Waals surface area contributed by atoms with Gasteiger partial charge in [-0.1, -0.05) is 11.3 Å². The molecule has 2 N–H and O–H groups in total. The van der Waals surface area contributed by atoms with Gasteiger partial charge in [-0.25, -0.2) is 9.97 Å². The van der Waals surface area contributed by atoms with Crippen molar-refractivity contribution in [2.45, 2.75) is 6.92 Å². The summed E-state index contributed by atoms with van der Waals surface area (Å²) in [4.78, 5) is 24.3. The van der Waals surface area contributed by atoms with Crippen molar-refractivity contribution in [3.63, 3.8) is 0 Å². The molecule has 3 aromatic rings. The van der Waals surface area contributed by atoms with E-state index in [9.17, 15) is 4.79 Å². The monoisotopic (exact) mass is 317 g/mol. The van der Waals surface area contributed by atoms with Gasteiger partial charge in [-0.15, -0.1) is 11.3 Å². The summed E-state index contributed by atoms with van der Waals surface area (Å²) in [6, 6.07) is 3.79. The Morgan fingerprint density at radius 2 is 2.19 bits per heavy atom. The third-order valence-electron chi connectivity index (χ3n) is 2.63. The first-order chi connectivity index (χ1) is 10.3. The largest absolute Gasteiger partial charge is 0.330 e. The minimum absolute atomic E-state index is 0.576. The van der Waals surface area contributed by atoms with Crippen molar-refractivity contribution in [1.29, 1.82) is 0 Å². The normalized spacial score (nSPS) is 10.3. The third-order valence-corrected chi connectivity index (χ3v) is 4.50. The zero-order valence-electron chi connectivity index (χ0n) is 11.0. The van der Waals surface area contributed by atoms with Gasteiger partial charge >= 0.3 is 0 Å². The Bertz CT molecular complexity index is 753. The van der Waals surface area contributed by atoms with E-state index in [2.05, 4.69) is 25.6 Å². The molecule has 0 aliphatic carbocycles. The van der Waals surface area contributed by atoms with E-state index >= 15 is 0 Å². The topological polar surface area (TPSA) is 79.8 Å². The van der Waals surface area contributed by atoms with Crippen LogP contribution in [0.1, 0.15) is 5.69 Å². The minimum Gasteiger partial charge on any atom is -0.330 e. The van der Waals surface area contributed by atoms with E-state index in [4.69, 9.17) is 0 Å². The predicted molar refractivity (Wildman–Crippen MR) is 85.2 cm³/mol. The van der Waals surface area contributed by atoms with Gasteiger partial charge in [-0.05, 0) is 19.1 Å². The average molecular weight is 317 g/mol. The van der Waals surface area contributed by atoms with Crippen LogP contribution in [0.3, 0.4) is 0 Å². The lowest BCUT2D eigenvalue weighted by Gasteiger charge is -1.99. The predicted octanol–water partition coefficient (Wildman–Crippen LogP) is 3.28. The molecule has 106 valence electrons. The van der Waals surface area contributed by atoms with Gasteiger partial charge in [-0.2, -0.15) is 0 Å². The molecule has 21 heavy (non-hydrogen) atoms. The van der Waals surface area contributed by atoms with Gasteiger partial charge in [0.1, 0.15) is 0 Å². The van der Waals surface area contributed by atoms with E-state index in [1.807, 2.05) is 24.4 Å². The highest BCUT2D eigenvalue weighted by atomic mass is 32.1. The highest BCUT2D eigenvalue weighted by molar-refractivity contribution is 7.19. The molecule has 0 saturated heterocycles. The Morgan fingerprint density at radius 3 is 2.95 bits per heavy atom. The highest BCUT2D eigenvalue weighted by Gasteiger charge is 2.13. The Morgan fingerprint density at radius 1 is 1.29 bits per heavy atom. The summed E-state index contributed by atoms with van der Waals surface area (Å²) in [5.74, 6) is 0. The van der Waals surface area contributed by atoms with Crippen molar-refractivity contribution >= 4 is 45.0 Å². The molecule has 0 bridgehead atoms. The first kappa shape index (κ1) is 13.7. The van der Waals surface area contributed by atoms with Crippen molar-refractivity contribution in [2.75, 3.05) is 10.6 Å². The molecule has 0 aliphatic heterocycles. The van der Waals surface area contributed by atoms with Crippen LogP contribution in [-0.4, -0.2) is 21.4 Å². The number of pyridine rings is 1. The fourth-order valence-electron chi connectivity index (χ4n) is 1.74. The third kappa shape index (κ3) is 3.06. The maximum absolute atomic E-state index is 10.5. The Hall–Kier alpha value is -2.32. The van der Waals surface area contributed by atoms with Crippen LogP contribution in [0.15, 0.2) is 29.9 Å². The lowest BCUT2D eigenvalue weighted by Crippen LogP contribution is -1.91. The molecule has 0 radical (unpaired) electrons. The minimum atomic E-state index is 0.576. The van der Waals surface area contributed by atoms with Crippen molar-refractivity contribution in [3.8, 4) is 10.6 Å². The highest BCUT2D eigenvalue weighted by Crippen LogP contribution is 2.34. The number of aromatic nitrogens is 3. The number of anilines is 3.